The number of aromatic nitrogens is 3. The molecule has 106 valence electrons. The Hall–Kier alpha value is -1.67. The number of thioether (sulfide) groups is 1. The van der Waals surface area contributed by atoms with Crippen LogP contribution in [0.2, 0.25) is 0 Å². The summed E-state index contributed by atoms with van der Waals surface area (Å²) < 4.78 is 0. The van der Waals surface area contributed by atoms with Crippen molar-refractivity contribution in [2.45, 2.75) is 28.8 Å². The van der Waals surface area contributed by atoms with Gasteiger partial charge in [0.25, 0.3) is 0 Å². The molecule has 4 N–H and O–H groups in total. The molecule has 0 atom stereocenters. The lowest BCUT2D eigenvalue weighted by Crippen LogP contribution is -2.15. The van der Waals surface area contributed by atoms with Gasteiger partial charge in [-0.1, -0.05) is 18.1 Å². The third-order valence-electron chi connectivity index (χ3n) is 2.43. The third-order valence-corrected chi connectivity index (χ3v) is 4.29. The first-order chi connectivity index (χ1) is 9.65. The molecule has 20 heavy (non-hydrogen) atoms. The molecule has 1 heterocycles. The molecule has 1 aromatic carbocycles. The number of benzene rings is 1. The summed E-state index contributed by atoms with van der Waals surface area (Å²) in [7, 11) is 0. The van der Waals surface area contributed by atoms with Crippen molar-refractivity contribution in [1.29, 1.82) is 0 Å². The van der Waals surface area contributed by atoms with E-state index in [4.69, 9.17) is 10.9 Å². The number of nitrogens with two attached hydrogens (primary N) is 1. The van der Waals surface area contributed by atoms with Crippen molar-refractivity contribution in [3.8, 4) is 0 Å². The van der Waals surface area contributed by atoms with Crippen LogP contribution in [0.4, 0.5) is 0 Å². The van der Waals surface area contributed by atoms with E-state index in [0.29, 0.717) is 10.7 Å². The van der Waals surface area contributed by atoms with Crippen molar-refractivity contribution in [2.24, 2.45) is 10.9 Å². The predicted molar refractivity (Wildman–Crippen MR) is 80.6 cm³/mol. The second kappa shape index (κ2) is 6.67. The van der Waals surface area contributed by atoms with Crippen LogP contribution in [-0.4, -0.2) is 32.0 Å². The monoisotopic (exact) mass is 309 g/mol. The molecule has 8 heteroatoms. The van der Waals surface area contributed by atoms with Crippen molar-refractivity contribution in [2.75, 3.05) is 5.75 Å². The summed E-state index contributed by atoms with van der Waals surface area (Å²) in [4.78, 5) is 6.09. The summed E-state index contributed by atoms with van der Waals surface area (Å²) in [5.74, 6) is 1.74. The molecular formula is C12H15N5OS2. The van der Waals surface area contributed by atoms with Crippen LogP contribution < -0.4 is 5.73 Å². The number of aryl methyl sites for hydroxylation is 1. The zero-order valence-corrected chi connectivity index (χ0v) is 12.8. The zero-order valence-electron chi connectivity index (χ0n) is 11.1. The second-order valence-electron chi connectivity index (χ2n) is 3.85. The molecule has 0 aliphatic heterocycles. The first-order valence-electron chi connectivity index (χ1n) is 5.96. The van der Waals surface area contributed by atoms with Gasteiger partial charge < -0.3 is 10.9 Å². The highest BCUT2D eigenvalue weighted by Crippen LogP contribution is 2.33. The SMILES string of the molecule is CCSc1cccc(Sc2n[nH]c(C)n2)c1/C(N)=N/O. The molecule has 0 fully saturated rings. The van der Waals surface area contributed by atoms with Gasteiger partial charge in [0.15, 0.2) is 5.84 Å². The number of aromatic amines is 1. The van der Waals surface area contributed by atoms with Crippen LogP contribution in [0.15, 0.2) is 38.3 Å². The Bertz CT molecular complexity index is 626. The molecule has 0 saturated heterocycles. The first-order valence-corrected chi connectivity index (χ1v) is 7.76. The molecule has 2 aromatic rings. The van der Waals surface area contributed by atoms with Gasteiger partial charge in [0.2, 0.25) is 5.16 Å². The Morgan fingerprint density at radius 3 is 2.80 bits per heavy atom. The number of hydrogen-bond donors (Lipinski definition) is 3. The maximum Gasteiger partial charge on any atom is 0.213 e. The average Bonchev–Trinajstić information content (AvgIpc) is 2.84. The summed E-state index contributed by atoms with van der Waals surface area (Å²) in [5, 5.41) is 19.6. The molecule has 1 aromatic heterocycles. The number of hydrogen-bond acceptors (Lipinski definition) is 6. The van der Waals surface area contributed by atoms with Gasteiger partial charge in [0.1, 0.15) is 5.82 Å². The Morgan fingerprint density at radius 1 is 1.45 bits per heavy atom. The lowest BCUT2D eigenvalue weighted by Gasteiger charge is -2.11. The van der Waals surface area contributed by atoms with Gasteiger partial charge >= 0.3 is 0 Å². The van der Waals surface area contributed by atoms with Crippen molar-refractivity contribution >= 4 is 29.4 Å². The van der Waals surface area contributed by atoms with E-state index in [1.807, 2.05) is 25.1 Å². The van der Waals surface area contributed by atoms with Crippen molar-refractivity contribution in [1.82, 2.24) is 15.2 Å². The van der Waals surface area contributed by atoms with Gasteiger partial charge in [-0.15, -0.1) is 16.9 Å². The van der Waals surface area contributed by atoms with E-state index in [9.17, 15) is 0 Å². The Balaban J connectivity index is 2.43. The maximum absolute atomic E-state index is 8.98. The summed E-state index contributed by atoms with van der Waals surface area (Å²) >= 11 is 3.02. The van der Waals surface area contributed by atoms with Crippen molar-refractivity contribution in [3.05, 3.63) is 29.6 Å². The number of oxime groups is 1. The normalized spacial score (nSPS) is 11.8. The van der Waals surface area contributed by atoms with E-state index in [1.54, 1.807) is 11.8 Å². The van der Waals surface area contributed by atoms with E-state index in [-0.39, 0.29) is 5.84 Å². The van der Waals surface area contributed by atoms with Gasteiger partial charge in [-0.25, -0.2) is 4.98 Å². The summed E-state index contributed by atoms with van der Waals surface area (Å²) in [6.45, 7) is 3.89. The summed E-state index contributed by atoms with van der Waals surface area (Å²) in [6, 6.07) is 5.80. The van der Waals surface area contributed by atoms with Crippen LogP contribution in [0.1, 0.15) is 18.3 Å². The highest BCUT2D eigenvalue weighted by molar-refractivity contribution is 8.00. The summed E-state index contributed by atoms with van der Waals surface area (Å²) in [6.07, 6.45) is 0. The topological polar surface area (TPSA) is 100 Å². The minimum absolute atomic E-state index is 0.0938. The quantitative estimate of drug-likeness (QED) is 0.258. The molecule has 0 aliphatic rings. The molecule has 0 amide bonds. The van der Waals surface area contributed by atoms with Gasteiger partial charge in [0, 0.05) is 15.4 Å². The molecule has 0 radical (unpaired) electrons. The van der Waals surface area contributed by atoms with Gasteiger partial charge in [0.05, 0.1) is 0 Å². The fraction of sp³-hybridized carbons (Fsp3) is 0.250. The molecule has 6 nitrogen and oxygen atoms in total. The van der Waals surface area contributed by atoms with E-state index in [2.05, 4.69) is 27.3 Å². The third kappa shape index (κ3) is 3.26. The second-order valence-corrected chi connectivity index (χ2v) is 6.17. The van der Waals surface area contributed by atoms with Crippen LogP contribution in [0.3, 0.4) is 0 Å². The summed E-state index contributed by atoms with van der Waals surface area (Å²) in [5.41, 5.74) is 6.53. The van der Waals surface area contributed by atoms with Crippen molar-refractivity contribution < 1.29 is 5.21 Å². The Kier molecular flexibility index (Phi) is 4.91. The minimum atomic E-state index is 0.0938. The number of nitrogens with zero attached hydrogens (tertiary/aromatic N) is 3. The van der Waals surface area contributed by atoms with Crippen molar-refractivity contribution in [3.63, 3.8) is 0 Å². The maximum atomic E-state index is 8.98. The molecule has 0 saturated carbocycles. The minimum Gasteiger partial charge on any atom is -0.409 e. The Labute approximate surface area is 125 Å². The smallest absolute Gasteiger partial charge is 0.213 e. The largest absolute Gasteiger partial charge is 0.409 e. The zero-order chi connectivity index (χ0) is 14.5. The van der Waals surface area contributed by atoms with Crippen LogP contribution in [-0.2, 0) is 0 Å². The van der Waals surface area contributed by atoms with Crippen LogP contribution in [0.5, 0.6) is 0 Å². The molecule has 0 aliphatic carbocycles. The van der Waals surface area contributed by atoms with Gasteiger partial charge in [-0.3, -0.25) is 5.10 Å². The molecular weight excluding hydrogens is 294 g/mol. The van der Waals surface area contributed by atoms with E-state index < -0.39 is 0 Å². The lowest BCUT2D eigenvalue weighted by molar-refractivity contribution is 0.318. The number of amidine groups is 1. The van der Waals surface area contributed by atoms with Gasteiger partial charge in [-0.2, -0.15) is 0 Å². The van der Waals surface area contributed by atoms with E-state index in [0.717, 1.165) is 21.4 Å². The molecule has 0 spiro atoms. The number of H-pyrrole nitrogens is 1. The number of nitrogens with one attached hydrogen (secondary N) is 1. The lowest BCUT2D eigenvalue weighted by atomic mass is 10.2. The van der Waals surface area contributed by atoms with Crippen LogP contribution in [0, 0.1) is 6.92 Å². The molecule has 0 unspecified atom stereocenters. The fourth-order valence-corrected chi connectivity index (χ4v) is 3.48. The highest BCUT2D eigenvalue weighted by Gasteiger charge is 2.15. The number of rotatable bonds is 5. The standard InChI is InChI=1S/C12H15N5OS2/c1-3-19-8-5-4-6-9(10(8)11(13)17-18)20-12-14-7(2)15-16-12/h4-6,18H,3H2,1-2H3,(H2,13,17)(H,14,15,16). The van der Waals surface area contributed by atoms with Crippen LogP contribution in [0.25, 0.3) is 0 Å². The van der Waals surface area contributed by atoms with Crippen LogP contribution >= 0.6 is 23.5 Å². The highest BCUT2D eigenvalue weighted by atomic mass is 32.2. The predicted octanol–water partition coefficient (Wildman–Crippen LogP) is 2.47. The van der Waals surface area contributed by atoms with E-state index in [1.165, 1.54) is 11.8 Å². The average molecular weight is 309 g/mol. The fourth-order valence-electron chi connectivity index (χ4n) is 1.64. The van der Waals surface area contributed by atoms with E-state index >= 15 is 0 Å². The van der Waals surface area contributed by atoms with Gasteiger partial charge in [-0.05, 0) is 36.6 Å². The molecule has 0 bridgehead atoms. The first kappa shape index (κ1) is 14.7. The molecule has 2 rings (SSSR count). The Morgan fingerprint density at radius 2 is 2.20 bits per heavy atom.